The van der Waals surface area contributed by atoms with Gasteiger partial charge in [0.25, 0.3) is 5.91 Å². The first kappa shape index (κ1) is 21.4. The number of nitrogens with zero attached hydrogens (tertiary/aromatic N) is 1. The number of halogens is 3. The van der Waals surface area contributed by atoms with E-state index in [9.17, 15) is 18.0 Å². The third-order valence-electron chi connectivity index (χ3n) is 4.37. The normalized spacial score (nSPS) is 11.5. The summed E-state index contributed by atoms with van der Waals surface area (Å²) in [4.78, 5) is 18.0. The van der Waals surface area contributed by atoms with Gasteiger partial charge < -0.3 is 19.9 Å². The number of carbonyl (C=O) groups is 1. The Labute approximate surface area is 172 Å². The molecule has 0 unspecified atom stereocenters. The molecule has 8 heteroatoms. The first-order valence-corrected chi connectivity index (χ1v) is 9.30. The molecule has 1 aromatic heterocycles. The van der Waals surface area contributed by atoms with Gasteiger partial charge in [-0.1, -0.05) is 30.3 Å². The molecule has 0 atom stereocenters. The van der Waals surface area contributed by atoms with Crippen molar-refractivity contribution in [2.75, 3.05) is 27.2 Å². The molecule has 2 aromatic carbocycles. The number of amides is 1. The lowest BCUT2D eigenvalue weighted by atomic mass is 10.1. The first-order chi connectivity index (χ1) is 14.2. The van der Waals surface area contributed by atoms with Crippen LogP contribution in [0.3, 0.4) is 0 Å². The molecule has 0 aliphatic carbocycles. The molecule has 0 fully saturated rings. The number of nitrogens with one attached hydrogen (secondary N) is 2. The van der Waals surface area contributed by atoms with E-state index in [-0.39, 0.29) is 11.7 Å². The molecule has 3 rings (SSSR count). The Balaban J connectivity index is 1.90. The minimum atomic E-state index is -4.74. The van der Waals surface area contributed by atoms with Crippen molar-refractivity contribution in [2.24, 2.45) is 0 Å². The van der Waals surface area contributed by atoms with Gasteiger partial charge in [0.1, 0.15) is 5.75 Å². The molecule has 0 saturated heterocycles. The maximum Gasteiger partial charge on any atom is 0.573 e. The molecule has 0 radical (unpaired) electrons. The highest BCUT2D eigenvalue weighted by Gasteiger charge is 2.31. The van der Waals surface area contributed by atoms with Crippen LogP contribution in [0.4, 0.5) is 13.2 Å². The van der Waals surface area contributed by atoms with Crippen molar-refractivity contribution in [2.45, 2.75) is 6.36 Å². The van der Waals surface area contributed by atoms with Crippen molar-refractivity contribution in [3.05, 3.63) is 66.2 Å². The second-order valence-electron chi connectivity index (χ2n) is 6.97. The molecule has 5 nitrogen and oxygen atoms in total. The Hall–Kier alpha value is -3.26. The van der Waals surface area contributed by atoms with Crippen molar-refractivity contribution >= 4 is 5.91 Å². The molecule has 2 N–H and O–H groups in total. The molecular weight excluding hydrogens is 395 g/mol. The highest BCUT2D eigenvalue weighted by molar-refractivity contribution is 6.01. The summed E-state index contributed by atoms with van der Waals surface area (Å²) in [6.45, 7) is 1.19. The SMILES string of the molecule is CN(C)CCNC(=O)c1cc(-c2ccc(OC(F)(F)F)cc2)[nH]c1-c1ccccc1. The Bertz CT molecular complexity index is 981. The van der Waals surface area contributed by atoms with Gasteiger partial charge in [-0.25, -0.2) is 0 Å². The predicted molar refractivity (Wildman–Crippen MR) is 109 cm³/mol. The Morgan fingerprint density at radius 3 is 2.30 bits per heavy atom. The van der Waals surface area contributed by atoms with E-state index in [1.54, 1.807) is 6.07 Å². The fourth-order valence-corrected chi connectivity index (χ4v) is 2.95. The van der Waals surface area contributed by atoms with Gasteiger partial charge >= 0.3 is 6.36 Å². The van der Waals surface area contributed by atoms with E-state index in [2.05, 4.69) is 15.0 Å². The van der Waals surface area contributed by atoms with Gasteiger partial charge in [-0.2, -0.15) is 0 Å². The summed E-state index contributed by atoms with van der Waals surface area (Å²) in [5.41, 5.74) is 3.19. The van der Waals surface area contributed by atoms with Gasteiger partial charge in [0.15, 0.2) is 0 Å². The van der Waals surface area contributed by atoms with Crippen molar-refractivity contribution in [1.29, 1.82) is 0 Å². The van der Waals surface area contributed by atoms with Gasteiger partial charge in [-0.15, -0.1) is 13.2 Å². The molecule has 0 saturated carbocycles. The molecular formula is C22H22F3N3O2. The number of aromatic nitrogens is 1. The third-order valence-corrected chi connectivity index (χ3v) is 4.37. The first-order valence-electron chi connectivity index (χ1n) is 9.30. The van der Waals surface area contributed by atoms with Gasteiger partial charge in [0, 0.05) is 18.8 Å². The molecule has 3 aromatic rings. The number of ether oxygens (including phenoxy) is 1. The lowest BCUT2D eigenvalue weighted by Gasteiger charge is -2.10. The van der Waals surface area contributed by atoms with Crippen molar-refractivity contribution in [1.82, 2.24) is 15.2 Å². The standard InChI is InChI=1S/C22H22F3N3O2/c1-28(2)13-12-26-21(29)18-14-19(27-20(18)16-6-4-3-5-7-16)15-8-10-17(11-9-15)30-22(23,24)25/h3-11,14,27H,12-13H2,1-2H3,(H,26,29). The summed E-state index contributed by atoms with van der Waals surface area (Å²) in [7, 11) is 3.84. The molecule has 1 heterocycles. The maximum atomic E-state index is 12.8. The van der Waals surface area contributed by atoms with Crippen LogP contribution >= 0.6 is 0 Å². The summed E-state index contributed by atoms with van der Waals surface area (Å²) in [6.07, 6.45) is -4.74. The Morgan fingerprint density at radius 2 is 1.70 bits per heavy atom. The van der Waals surface area contributed by atoms with E-state index < -0.39 is 6.36 Å². The number of carbonyl (C=O) groups excluding carboxylic acids is 1. The van der Waals surface area contributed by atoms with E-state index in [0.717, 1.165) is 5.56 Å². The van der Waals surface area contributed by atoms with Crippen LogP contribution in [0.1, 0.15) is 10.4 Å². The van der Waals surface area contributed by atoms with Gasteiger partial charge in [0.05, 0.1) is 11.3 Å². The average molecular weight is 417 g/mol. The van der Waals surface area contributed by atoms with Gasteiger partial charge in [-0.3, -0.25) is 4.79 Å². The van der Waals surface area contributed by atoms with E-state index in [0.29, 0.717) is 35.6 Å². The summed E-state index contributed by atoms with van der Waals surface area (Å²) < 4.78 is 41.0. The van der Waals surface area contributed by atoms with E-state index >= 15 is 0 Å². The minimum Gasteiger partial charge on any atom is -0.406 e. The lowest BCUT2D eigenvalue weighted by molar-refractivity contribution is -0.274. The van der Waals surface area contributed by atoms with Gasteiger partial charge in [0.2, 0.25) is 0 Å². The predicted octanol–water partition coefficient (Wildman–Crippen LogP) is 4.54. The van der Waals surface area contributed by atoms with E-state index in [4.69, 9.17) is 0 Å². The zero-order valence-electron chi connectivity index (χ0n) is 16.6. The maximum absolute atomic E-state index is 12.8. The molecule has 0 aliphatic heterocycles. The quantitative estimate of drug-likeness (QED) is 0.594. The minimum absolute atomic E-state index is 0.227. The van der Waals surface area contributed by atoms with E-state index in [1.165, 1.54) is 24.3 Å². The van der Waals surface area contributed by atoms with Crippen LogP contribution in [-0.4, -0.2) is 49.3 Å². The number of hydrogen-bond acceptors (Lipinski definition) is 3. The van der Waals surface area contributed by atoms with Crippen LogP contribution in [0.2, 0.25) is 0 Å². The highest BCUT2D eigenvalue weighted by atomic mass is 19.4. The van der Waals surface area contributed by atoms with Gasteiger partial charge in [-0.05, 0) is 55.6 Å². The molecule has 0 aliphatic rings. The molecule has 0 bridgehead atoms. The summed E-state index contributed by atoms with van der Waals surface area (Å²) >= 11 is 0. The number of benzene rings is 2. The van der Waals surface area contributed by atoms with Crippen LogP contribution < -0.4 is 10.1 Å². The van der Waals surface area contributed by atoms with Crippen LogP contribution in [0.15, 0.2) is 60.7 Å². The van der Waals surface area contributed by atoms with Crippen molar-refractivity contribution in [3.63, 3.8) is 0 Å². The molecule has 0 spiro atoms. The number of alkyl halides is 3. The fraction of sp³-hybridized carbons (Fsp3) is 0.227. The van der Waals surface area contributed by atoms with Crippen LogP contribution in [0.5, 0.6) is 5.75 Å². The second kappa shape index (κ2) is 9.04. The van der Waals surface area contributed by atoms with Crippen LogP contribution in [0, 0.1) is 0 Å². The van der Waals surface area contributed by atoms with E-state index in [1.807, 2.05) is 49.3 Å². The number of likely N-dealkylation sites (N-methyl/N-ethyl adjacent to an activating group) is 1. The van der Waals surface area contributed by atoms with Crippen LogP contribution in [-0.2, 0) is 0 Å². The number of hydrogen-bond donors (Lipinski definition) is 2. The largest absolute Gasteiger partial charge is 0.573 e. The average Bonchev–Trinajstić information content (AvgIpc) is 3.13. The smallest absolute Gasteiger partial charge is 0.406 e. The molecule has 158 valence electrons. The Morgan fingerprint density at radius 1 is 1.03 bits per heavy atom. The number of rotatable bonds is 7. The molecule has 1 amide bonds. The monoisotopic (exact) mass is 417 g/mol. The van der Waals surface area contributed by atoms with Crippen molar-refractivity contribution < 1.29 is 22.7 Å². The number of H-pyrrole nitrogens is 1. The lowest BCUT2D eigenvalue weighted by Crippen LogP contribution is -2.31. The third kappa shape index (κ3) is 5.64. The zero-order chi connectivity index (χ0) is 21.7. The summed E-state index contributed by atoms with van der Waals surface area (Å²) in [5, 5.41) is 2.89. The summed E-state index contributed by atoms with van der Waals surface area (Å²) in [6, 6.07) is 16.6. The highest BCUT2D eigenvalue weighted by Crippen LogP contribution is 2.31. The van der Waals surface area contributed by atoms with Crippen molar-refractivity contribution in [3.8, 4) is 28.3 Å². The second-order valence-corrected chi connectivity index (χ2v) is 6.97. The zero-order valence-corrected chi connectivity index (χ0v) is 16.6. The summed E-state index contributed by atoms with van der Waals surface area (Å²) in [5.74, 6) is -0.530. The fourth-order valence-electron chi connectivity index (χ4n) is 2.95. The number of aromatic amines is 1. The van der Waals surface area contributed by atoms with Crippen LogP contribution in [0.25, 0.3) is 22.5 Å². The topological polar surface area (TPSA) is 57.4 Å². The Kier molecular flexibility index (Phi) is 6.47. The molecule has 30 heavy (non-hydrogen) atoms.